The highest BCUT2D eigenvalue weighted by Crippen LogP contribution is 2.09. The zero-order valence-corrected chi connectivity index (χ0v) is 6.09. The molecular weight excluding hydrogens is 148 g/mol. The van der Waals surface area contributed by atoms with Crippen LogP contribution in [0.4, 0.5) is 4.79 Å². The third kappa shape index (κ3) is 4.27. The zero-order valence-electron chi connectivity index (χ0n) is 4.52. The summed E-state index contributed by atoms with van der Waals surface area (Å²) in [6.45, 7) is 2.38. The molecule has 48 valence electrons. The number of carbonyl (C=O) groups is 1. The molecule has 0 spiro atoms. The van der Waals surface area contributed by atoms with E-state index < -0.39 is 5.30 Å². The van der Waals surface area contributed by atoms with Gasteiger partial charge in [-0.15, -0.1) is 0 Å². The molecule has 0 aromatic rings. The Hall–Kier alpha value is 0.110. The van der Waals surface area contributed by atoms with Gasteiger partial charge in [-0.3, -0.25) is 0 Å². The van der Waals surface area contributed by atoms with Gasteiger partial charge >= 0.3 is 5.30 Å². The molecule has 0 fully saturated rings. The topological polar surface area (TPSA) is 26.3 Å². The summed E-state index contributed by atoms with van der Waals surface area (Å²) in [4.78, 5) is 10.2. The molecule has 2 nitrogen and oxygen atoms in total. The van der Waals surface area contributed by atoms with Crippen molar-refractivity contribution >= 4 is 27.0 Å². The fourth-order valence-corrected chi connectivity index (χ4v) is 0.469. The van der Waals surface area contributed by atoms with Crippen LogP contribution in [0.2, 0.25) is 0 Å². The predicted molar refractivity (Wildman–Crippen MR) is 35.1 cm³/mol. The number of rotatable bonds is 2. The average Bonchev–Trinajstić information content (AvgIpc) is 1.83. The Bertz CT molecular complexity index is 76.4. The quantitative estimate of drug-likeness (QED) is 0.572. The summed E-state index contributed by atoms with van der Waals surface area (Å²) >= 11 is 0. The van der Waals surface area contributed by atoms with E-state index >= 15 is 0 Å². The van der Waals surface area contributed by atoms with Gasteiger partial charge in [0, 0.05) is 0 Å². The minimum atomic E-state index is -0.423. The lowest BCUT2D eigenvalue weighted by molar-refractivity contribution is 0.175. The van der Waals surface area contributed by atoms with Crippen LogP contribution >= 0.6 is 21.7 Å². The summed E-state index contributed by atoms with van der Waals surface area (Å²) < 4.78 is 4.53. The normalized spacial score (nSPS) is 8.75. The van der Waals surface area contributed by atoms with Gasteiger partial charge in [0.25, 0.3) is 0 Å². The number of hydrogen-bond acceptors (Lipinski definition) is 3. The van der Waals surface area contributed by atoms with Gasteiger partial charge in [0.05, 0.1) is 17.6 Å². The summed E-state index contributed by atoms with van der Waals surface area (Å²) in [5.41, 5.74) is 0. The maximum Gasteiger partial charge on any atom is 0.382 e. The molecule has 0 unspecified atom stereocenters. The molecule has 8 heavy (non-hydrogen) atoms. The van der Waals surface area contributed by atoms with E-state index in [0.29, 0.717) is 17.6 Å². The Kier molecular flexibility index (Phi) is 5.32. The number of hydrogen-bond donors (Lipinski definition) is 0. The van der Waals surface area contributed by atoms with Crippen molar-refractivity contribution in [3.05, 3.63) is 0 Å². The fourth-order valence-electron chi connectivity index (χ4n) is 0.208. The molecule has 0 aromatic carbocycles. The second-order valence-corrected chi connectivity index (χ2v) is 2.13. The van der Waals surface area contributed by atoms with Gasteiger partial charge in [0.15, 0.2) is 0 Å². The van der Waals surface area contributed by atoms with E-state index in [-0.39, 0.29) is 0 Å². The van der Waals surface area contributed by atoms with Crippen molar-refractivity contribution in [1.29, 1.82) is 0 Å². The Morgan fingerprint density at radius 3 is 2.88 bits per heavy atom. The van der Waals surface area contributed by atoms with E-state index in [1.54, 1.807) is 0 Å². The maximum atomic E-state index is 10.2. The molecule has 0 amide bonds. The second-order valence-electron chi connectivity index (χ2n) is 1.18. The zero-order chi connectivity index (χ0) is 6.41. The molecule has 0 aliphatic carbocycles. The van der Waals surface area contributed by atoms with Gasteiger partial charge in [0.2, 0.25) is 0 Å². The molecular formula is C4H7ClO2S. The van der Waals surface area contributed by atoms with E-state index in [1.807, 2.05) is 6.92 Å². The highest BCUT2D eigenvalue weighted by molar-refractivity contribution is 8.32. The van der Waals surface area contributed by atoms with Crippen molar-refractivity contribution in [2.75, 3.05) is 6.61 Å². The van der Waals surface area contributed by atoms with Gasteiger partial charge in [0.1, 0.15) is 0 Å². The molecule has 4 heteroatoms. The largest absolute Gasteiger partial charge is 0.457 e. The van der Waals surface area contributed by atoms with E-state index in [1.165, 1.54) is 0 Å². The monoisotopic (exact) mass is 154 g/mol. The number of carbonyl (C=O) groups excluding carboxylic acids is 1. The summed E-state index contributed by atoms with van der Waals surface area (Å²) in [5.74, 6) is 0. The molecule has 0 N–H and O–H groups in total. The lowest BCUT2D eigenvalue weighted by atomic mass is 10.5. The molecule has 0 aromatic heterocycles. The maximum absolute atomic E-state index is 10.2. The minimum absolute atomic E-state index is 0.423. The van der Waals surface area contributed by atoms with Crippen LogP contribution in [-0.4, -0.2) is 11.9 Å². The van der Waals surface area contributed by atoms with Gasteiger partial charge < -0.3 is 4.74 Å². The fraction of sp³-hybridized carbons (Fsp3) is 0.750. The first-order valence-electron chi connectivity index (χ1n) is 2.26. The molecule has 0 aliphatic rings. The van der Waals surface area contributed by atoms with Crippen LogP contribution in [-0.2, 0) is 4.74 Å². The van der Waals surface area contributed by atoms with E-state index in [2.05, 4.69) is 4.74 Å². The second kappa shape index (κ2) is 5.25. The summed E-state index contributed by atoms with van der Waals surface area (Å²) in [5, 5.41) is -0.423. The Morgan fingerprint density at radius 1 is 1.88 bits per heavy atom. The molecule has 0 atom stereocenters. The van der Waals surface area contributed by atoms with Crippen LogP contribution in [0.1, 0.15) is 13.3 Å². The van der Waals surface area contributed by atoms with Crippen molar-refractivity contribution in [2.24, 2.45) is 0 Å². The van der Waals surface area contributed by atoms with E-state index in [0.717, 1.165) is 6.42 Å². The third-order valence-electron chi connectivity index (χ3n) is 0.487. The number of ether oxygens (including phenoxy) is 1. The summed E-state index contributed by atoms with van der Waals surface area (Å²) in [6, 6.07) is 0. The van der Waals surface area contributed by atoms with Crippen LogP contribution in [0, 0.1) is 0 Å². The SMILES string of the molecule is CCCOC(=O)SCl. The molecule has 0 radical (unpaired) electrons. The van der Waals surface area contributed by atoms with Crippen LogP contribution in [0.5, 0.6) is 0 Å². The van der Waals surface area contributed by atoms with Gasteiger partial charge in [-0.25, -0.2) is 4.79 Å². The standard InChI is InChI=1S/C4H7ClO2S/c1-2-3-7-4(6)8-5/h2-3H2,1H3. The first kappa shape index (κ1) is 8.11. The lowest BCUT2D eigenvalue weighted by Crippen LogP contribution is -1.95. The van der Waals surface area contributed by atoms with Gasteiger partial charge in [-0.1, -0.05) is 6.92 Å². The van der Waals surface area contributed by atoms with Crippen molar-refractivity contribution in [1.82, 2.24) is 0 Å². The third-order valence-corrected chi connectivity index (χ3v) is 1.11. The molecule has 0 aliphatic heterocycles. The highest BCUT2D eigenvalue weighted by Gasteiger charge is 1.96. The molecule has 0 rings (SSSR count). The van der Waals surface area contributed by atoms with E-state index in [9.17, 15) is 4.79 Å². The average molecular weight is 155 g/mol. The van der Waals surface area contributed by atoms with Crippen molar-refractivity contribution in [3.63, 3.8) is 0 Å². The smallest absolute Gasteiger partial charge is 0.382 e. The Balaban J connectivity index is 2.99. The van der Waals surface area contributed by atoms with Gasteiger partial charge in [-0.05, 0) is 17.1 Å². The molecule has 0 bridgehead atoms. The Labute approximate surface area is 57.0 Å². The molecule has 0 saturated carbocycles. The summed E-state index contributed by atoms with van der Waals surface area (Å²) in [6.07, 6.45) is 0.836. The predicted octanol–water partition coefficient (Wildman–Crippen LogP) is 2.42. The number of halogens is 1. The summed E-state index contributed by atoms with van der Waals surface area (Å²) in [7, 11) is 5.61. The van der Waals surface area contributed by atoms with Crippen LogP contribution in [0.15, 0.2) is 0 Å². The Morgan fingerprint density at radius 2 is 2.50 bits per heavy atom. The van der Waals surface area contributed by atoms with Crippen LogP contribution in [0.25, 0.3) is 0 Å². The first-order valence-corrected chi connectivity index (χ1v) is 3.91. The van der Waals surface area contributed by atoms with Crippen molar-refractivity contribution < 1.29 is 9.53 Å². The van der Waals surface area contributed by atoms with Crippen LogP contribution in [0.3, 0.4) is 0 Å². The minimum Gasteiger partial charge on any atom is -0.457 e. The molecule has 0 heterocycles. The van der Waals surface area contributed by atoms with Crippen molar-refractivity contribution in [3.8, 4) is 0 Å². The molecule has 0 saturated heterocycles. The van der Waals surface area contributed by atoms with Crippen LogP contribution < -0.4 is 0 Å². The highest BCUT2D eigenvalue weighted by atomic mass is 35.7. The van der Waals surface area contributed by atoms with Gasteiger partial charge in [-0.2, -0.15) is 0 Å². The lowest BCUT2D eigenvalue weighted by Gasteiger charge is -1.95. The van der Waals surface area contributed by atoms with Crippen molar-refractivity contribution in [2.45, 2.75) is 13.3 Å². The van der Waals surface area contributed by atoms with E-state index in [4.69, 9.17) is 10.7 Å². The first-order chi connectivity index (χ1) is 3.81.